The average molecular weight is 388 g/mol. The Kier molecular flexibility index (Phi) is 4.22. The monoisotopic (exact) mass is 388 g/mol. The number of nitrogens with zero attached hydrogens (tertiary/aromatic N) is 1. The van der Waals surface area contributed by atoms with Gasteiger partial charge in [-0.15, -0.1) is 0 Å². The van der Waals surface area contributed by atoms with Crippen molar-refractivity contribution >= 4 is 27.3 Å². The molecule has 2 aromatic rings. The molecule has 2 aliphatic heterocycles. The molecule has 2 heterocycles. The molecule has 0 bridgehead atoms. The van der Waals surface area contributed by atoms with Gasteiger partial charge < -0.3 is 14.8 Å². The highest BCUT2D eigenvalue weighted by Crippen LogP contribution is 2.35. The molecule has 0 aliphatic carbocycles. The summed E-state index contributed by atoms with van der Waals surface area (Å²) < 4.78 is 36.4. The fraction of sp³-hybridized carbons (Fsp3) is 0.316. The highest BCUT2D eigenvalue weighted by atomic mass is 32.2. The normalized spacial score (nSPS) is 18.1. The molecule has 8 heteroatoms. The van der Waals surface area contributed by atoms with Gasteiger partial charge in [-0.25, -0.2) is 8.42 Å². The zero-order valence-corrected chi connectivity index (χ0v) is 15.9. The minimum absolute atomic E-state index is 0.161. The molecule has 4 rings (SSSR count). The summed E-state index contributed by atoms with van der Waals surface area (Å²) in [6.45, 7) is 2.84. The van der Waals surface area contributed by atoms with Gasteiger partial charge in [-0.2, -0.15) is 0 Å². The highest BCUT2D eigenvalue weighted by molar-refractivity contribution is 7.92. The summed E-state index contributed by atoms with van der Waals surface area (Å²) in [4.78, 5) is 12.6. The smallest absolute Gasteiger partial charge is 0.255 e. The number of amides is 1. The number of nitrogens with one attached hydrogen (secondary N) is 1. The van der Waals surface area contributed by atoms with Crippen molar-refractivity contribution in [1.82, 2.24) is 0 Å². The second-order valence-electron chi connectivity index (χ2n) is 6.77. The van der Waals surface area contributed by atoms with Crippen LogP contribution in [0.1, 0.15) is 22.8 Å². The van der Waals surface area contributed by atoms with Gasteiger partial charge in [-0.05, 0) is 49.2 Å². The van der Waals surface area contributed by atoms with Gasteiger partial charge in [0.1, 0.15) is 13.2 Å². The molecule has 1 N–H and O–H groups in total. The van der Waals surface area contributed by atoms with E-state index >= 15 is 0 Å². The maximum atomic E-state index is 12.6. The summed E-state index contributed by atoms with van der Waals surface area (Å²) in [7, 11) is -3.35. The number of rotatable bonds is 3. The number of carbonyl (C=O) groups excluding carboxylic acids is 1. The van der Waals surface area contributed by atoms with Gasteiger partial charge in [0.15, 0.2) is 11.5 Å². The van der Waals surface area contributed by atoms with E-state index in [0.717, 1.165) is 5.56 Å². The van der Waals surface area contributed by atoms with E-state index in [1.54, 1.807) is 36.4 Å². The number of benzene rings is 2. The zero-order chi connectivity index (χ0) is 19.2. The number of sulfonamides is 1. The van der Waals surface area contributed by atoms with Crippen LogP contribution in [0.4, 0.5) is 11.4 Å². The van der Waals surface area contributed by atoms with Crippen LogP contribution in [0.15, 0.2) is 36.4 Å². The lowest BCUT2D eigenvalue weighted by atomic mass is 10.1. The second kappa shape index (κ2) is 6.45. The van der Waals surface area contributed by atoms with Crippen molar-refractivity contribution in [3.05, 3.63) is 47.5 Å². The number of anilines is 2. The van der Waals surface area contributed by atoms with Gasteiger partial charge in [0.2, 0.25) is 10.0 Å². The highest BCUT2D eigenvalue weighted by Gasteiger charge is 2.32. The first kappa shape index (κ1) is 17.7. The van der Waals surface area contributed by atoms with Crippen molar-refractivity contribution < 1.29 is 22.7 Å². The fourth-order valence-corrected chi connectivity index (χ4v) is 4.84. The van der Waals surface area contributed by atoms with Crippen LogP contribution in [0.2, 0.25) is 0 Å². The Labute approximate surface area is 157 Å². The zero-order valence-electron chi connectivity index (χ0n) is 15.1. The Balaban J connectivity index is 1.56. The van der Waals surface area contributed by atoms with E-state index in [-0.39, 0.29) is 11.9 Å². The molecule has 7 nitrogen and oxygen atoms in total. The van der Waals surface area contributed by atoms with E-state index in [2.05, 4.69) is 5.32 Å². The topological polar surface area (TPSA) is 84.9 Å². The van der Waals surface area contributed by atoms with E-state index in [4.69, 9.17) is 9.47 Å². The molecular weight excluding hydrogens is 368 g/mol. The summed E-state index contributed by atoms with van der Waals surface area (Å²) in [5, 5.41) is 2.85. The maximum Gasteiger partial charge on any atom is 0.255 e. The standard InChI is InChI=1S/C19H20N2O5S/c1-12-9-14-10-13(3-5-16(14)21(12)27(2,23)24)19(22)20-15-4-6-17-18(11-15)26-8-7-25-17/h3-6,10-12H,7-9H2,1-2H3,(H,20,22)/t12-/m0/s1. The summed E-state index contributed by atoms with van der Waals surface area (Å²) in [5.74, 6) is 0.997. The average Bonchev–Trinajstić information content (AvgIpc) is 2.96. The van der Waals surface area contributed by atoms with Crippen molar-refractivity contribution in [2.45, 2.75) is 19.4 Å². The first-order valence-electron chi connectivity index (χ1n) is 8.66. The molecule has 0 saturated carbocycles. The molecule has 27 heavy (non-hydrogen) atoms. The Morgan fingerprint density at radius 3 is 2.59 bits per heavy atom. The van der Waals surface area contributed by atoms with Gasteiger partial charge in [0.05, 0.1) is 11.9 Å². The lowest BCUT2D eigenvalue weighted by molar-refractivity contribution is 0.102. The first-order chi connectivity index (χ1) is 12.8. The minimum Gasteiger partial charge on any atom is -0.486 e. The van der Waals surface area contributed by atoms with Crippen LogP contribution < -0.4 is 19.1 Å². The molecule has 0 radical (unpaired) electrons. The minimum atomic E-state index is -3.35. The summed E-state index contributed by atoms with van der Waals surface area (Å²) in [6, 6.07) is 10.2. The molecule has 1 amide bonds. The van der Waals surface area contributed by atoms with Gasteiger partial charge >= 0.3 is 0 Å². The number of fused-ring (bicyclic) bond motifs is 2. The van der Waals surface area contributed by atoms with Crippen LogP contribution in [0.3, 0.4) is 0 Å². The molecule has 0 unspecified atom stereocenters. The maximum absolute atomic E-state index is 12.6. The third kappa shape index (κ3) is 3.32. The van der Waals surface area contributed by atoms with Crippen LogP contribution in [-0.2, 0) is 16.4 Å². The number of hydrogen-bond donors (Lipinski definition) is 1. The number of carbonyl (C=O) groups is 1. The van der Waals surface area contributed by atoms with Crippen LogP contribution in [0, 0.1) is 0 Å². The van der Waals surface area contributed by atoms with Crippen LogP contribution in [-0.4, -0.2) is 39.8 Å². The molecule has 0 spiro atoms. The molecule has 2 aliphatic rings. The van der Waals surface area contributed by atoms with Gasteiger partial charge in [0, 0.05) is 23.4 Å². The van der Waals surface area contributed by atoms with Crippen molar-refractivity contribution in [1.29, 1.82) is 0 Å². The Bertz CT molecular complexity index is 1020. The summed E-state index contributed by atoms with van der Waals surface area (Å²) >= 11 is 0. The number of ether oxygens (including phenoxy) is 2. The van der Waals surface area contributed by atoms with Gasteiger partial charge in [-0.1, -0.05) is 0 Å². The van der Waals surface area contributed by atoms with E-state index in [1.165, 1.54) is 10.6 Å². The van der Waals surface area contributed by atoms with Crippen molar-refractivity contribution in [3.63, 3.8) is 0 Å². The Morgan fingerprint density at radius 1 is 1.11 bits per heavy atom. The quantitative estimate of drug-likeness (QED) is 0.873. The van der Waals surface area contributed by atoms with Crippen LogP contribution >= 0.6 is 0 Å². The molecule has 0 aromatic heterocycles. The Hall–Kier alpha value is -2.74. The Morgan fingerprint density at radius 2 is 1.85 bits per heavy atom. The first-order valence-corrected chi connectivity index (χ1v) is 10.5. The van der Waals surface area contributed by atoms with Crippen LogP contribution in [0.5, 0.6) is 11.5 Å². The lowest BCUT2D eigenvalue weighted by Crippen LogP contribution is -2.34. The van der Waals surface area contributed by atoms with Gasteiger partial charge in [-0.3, -0.25) is 9.10 Å². The molecule has 1 atom stereocenters. The molecule has 2 aromatic carbocycles. The van der Waals surface area contributed by atoms with Crippen molar-refractivity contribution in [3.8, 4) is 11.5 Å². The summed E-state index contributed by atoms with van der Waals surface area (Å²) in [5.41, 5.74) is 2.57. The molecular formula is C19H20N2O5S. The van der Waals surface area contributed by atoms with E-state index in [1.807, 2.05) is 6.92 Å². The van der Waals surface area contributed by atoms with E-state index < -0.39 is 10.0 Å². The SMILES string of the molecule is C[C@H]1Cc2cc(C(=O)Nc3ccc4c(c3)OCCO4)ccc2N1S(C)(=O)=O. The van der Waals surface area contributed by atoms with Gasteiger partial charge in [0.25, 0.3) is 5.91 Å². The molecule has 142 valence electrons. The van der Waals surface area contributed by atoms with Crippen molar-refractivity contribution in [2.24, 2.45) is 0 Å². The predicted octanol–water partition coefficient (Wildman–Crippen LogP) is 2.42. The largest absolute Gasteiger partial charge is 0.486 e. The van der Waals surface area contributed by atoms with E-state index in [9.17, 15) is 13.2 Å². The lowest BCUT2D eigenvalue weighted by Gasteiger charge is -2.22. The van der Waals surface area contributed by atoms with E-state index in [0.29, 0.717) is 48.1 Å². The fourth-order valence-electron chi connectivity index (χ4n) is 3.57. The number of hydrogen-bond acceptors (Lipinski definition) is 5. The predicted molar refractivity (Wildman–Crippen MR) is 102 cm³/mol. The third-order valence-electron chi connectivity index (χ3n) is 4.65. The molecule has 0 fully saturated rings. The second-order valence-corrected chi connectivity index (χ2v) is 8.63. The third-order valence-corrected chi connectivity index (χ3v) is 5.92. The molecule has 0 saturated heterocycles. The van der Waals surface area contributed by atoms with Crippen LogP contribution in [0.25, 0.3) is 0 Å². The summed E-state index contributed by atoms with van der Waals surface area (Å²) in [6.07, 6.45) is 1.77. The van der Waals surface area contributed by atoms with Crippen molar-refractivity contribution in [2.75, 3.05) is 29.1 Å².